The Labute approximate surface area is 84.0 Å². The standard InChI is InChI=1S/C10H16N2O2/c1-10(2,14-3)6-9(13)8-7-11-4-5-12-8/h4-5,7,9,13H,6H2,1-3H3. The lowest BCUT2D eigenvalue weighted by molar-refractivity contribution is -0.0211. The van der Waals surface area contributed by atoms with Crippen LogP contribution in [0.5, 0.6) is 0 Å². The lowest BCUT2D eigenvalue weighted by Gasteiger charge is -2.25. The highest BCUT2D eigenvalue weighted by molar-refractivity contribution is 5.00. The quantitative estimate of drug-likeness (QED) is 0.789. The molecule has 0 fully saturated rings. The summed E-state index contributed by atoms with van der Waals surface area (Å²) in [5, 5.41) is 9.80. The number of aromatic nitrogens is 2. The molecule has 1 heterocycles. The number of hydrogen-bond acceptors (Lipinski definition) is 4. The molecule has 0 saturated carbocycles. The second kappa shape index (κ2) is 4.48. The van der Waals surface area contributed by atoms with Gasteiger partial charge in [0.05, 0.1) is 17.5 Å². The van der Waals surface area contributed by atoms with Crippen LogP contribution in [0.4, 0.5) is 0 Å². The van der Waals surface area contributed by atoms with Gasteiger partial charge in [-0.2, -0.15) is 0 Å². The monoisotopic (exact) mass is 196 g/mol. The Kier molecular flexibility index (Phi) is 3.55. The molecule has 0 bridgehead atoms. The van der Waals surface area contributed by atoms with Gasteiger partial charge < -0.3 is 9.84 Å². The van der Waals surface area contributed by atoms with E-state index in [1.807, 2.05) is 13.8 Å². The molecule has 1 atom stereocenters. The molecule has 4 nitrogen and oxygen atoms in total. The van der Waals surface area contributed by atoms with Crippen LogP contribution in [0.3, 0.4) is 0 Å². The summed E-state index contributed by atoms with van der Waals surface area (Å²) in [7, 11) is 1.63. The number of rotatable bonds is 4. The number of methoxy groups -OCH3 is 1. The van der Waals surface area contributed by atoms with E-state index in [1.54, 1.807) is 25.7 Å². The summed E-state index contributed by atoms with van der Waals surface area (Å²) >= 11 is 0. The van der Waals surface area contributed by atoms with E-state index in [1.165, 1.54) is 0 Å². The summed E-state index contributed by atoms with van der Waals surface area (Å²) in [5.74, 6) is 0. The number of hydrogen-bond donors (Lipinski definition) is 1. The summed E-state index contributed by atoms with van der Waals surface area (Å²) in [6.07, 6.45) is 4.59. The van der Waals surface area contributed by atoms with Crippen molar-refractivity contribution >= 4 is 0 Å². The molecule has 0 aromatic carbocycles. The second-order valence-corrected chi connectivity index (χ2v) is 3.81. The fourth-order valence-electron chi connectivity index (χ4n) is 1.14. The fourth-order valence-corrected chi connectivity index (χ4v) is 1.14. The van der Waals surface area contributed by atoms with Crippen LogP contribution in [0, 0.1) is 0 Å². The predicted molar refractivity (Wildman–Crippen MR) is 52.7 cm³/mol. The van der Waals surface area contributed by atoms with Crippen molar-refractivity contribution in [3.05, 3.63) is 24.3 Å². The van der Waals surface area contributed by atoms with Gasteiger partial charge in [-0.1, -0.05) is 0 Å². The molecule has 0 radical (unpaired) electrons. The third-order valence-corrected chi connectivity index (χ3v) is 2.16. The van der Waals surface area contributed by atoms with Crippen LogP contribution >= 0.6 is 0 Å². The fraction of sp³-hybridized carbons (Fsp3) is 0.600. The zero-order valence-corrected chi connectivity index (χ0v) is 8.77. The summed E-state index contributed by atoms with van der Waals surface area (Å²) < 4.78 is 5.22. The Morgan fingerprint density at radius 3 is 2.71 bits per heavy atom. The van der Waals surface area contributed by atoms with E-state index >= 15 is 0 Å². The number of nitrogens with zero attached hydrogens (tertiary/aromatic N) is 2. The summed E-state index contributed by atoms with van der Waals surface area (Å²) in [5.41, 5.74) is 0.231. The van der Waals surface area contributed by atoms with Gasteiger partial charge in [0.25, 0.3) is 0 Å². The maximum absolute atomic E-state index is 9.80. The third kappa shape index (κ3) is 3.05. The zero-order valence-electron chi connectivity index (χ0n) is 8.77. The molecule has 1 aromatic rings. The van der Waals surface area contributed by atoms with Crippen LogP contribution < -0.4 is 0 Å². The molecule has 0 saturated heterocycles. The largest absolute Gasteiger partial charge is 0.387 e. The highest BCUT2D eigenvalue weighted by Crippen LogP contribution is 2.23. The first-order valence-electron chi connectivity index (χ1n) is 4.54. The van der Waals surface area contributed by atoms with Crippen molar-refractivity contribution in [1.29, 1.82) is 0 Å². The van der Waals surface area contributed by atoms with Gasteiger partial charge in [-0.15, -0.1) is 0 Å². The lowest BCUT2D eigenvalue weighted by Crippen LogP contribution is -2.25. The Morgan fingerprint density at radius 1 is 1.50 bits per heavy atom. The first kappa shape index (κ1) is 11.1. The second-order valence-electron chi connectivity index (χ2n) is 3.81. The topological polar surface area (TPSA) is 55.2 Å². The highest BCUT2D eigenvalue weighted by Gasteiger charge is 2.23. The SMILES string of the molecule is COC(C)(C)CC(O)c1cnccn1. The number of aliphatic hydroxyl groups excluding tert-OH is 1. The van der Waals surface area contributed by atoms with Crippen molar-refractivity contribution < 1.29 is 9.84 Å². The van der Waals surface area contributed by atoms with Gasteiger partial charge in [-0.3, -0.25) is 9.97 Å². The molecular formula is C10H16N2O2. The molecule has 0 amide bonds. The molecule has 1 aromatic heterocycles. The molecule has 0 aliphatic carbocycles. The van der Waals surface area contributed by atoms with Crippen LogP contribution in [0.2, 0.25) is 0 Å². The normalized spacial score (nSPS) is 14.0. The van der Waals surface area contributed by atoms with Gasteiger partial charge in [0.1, 0.15) is 6.10 Å². The summed E-state index contributed by atoms with van der Waals surface area (Å²) in [4.78, 5) is 7.93. The van der Waals surface area contributed by atoms with Gasteiger partial charge in [-0.05, 0) is 13.8 Å². The molecule has 4 heteroatoms. The molecule has 14 heavy (non-hydrogen) atoms. The lowest BCUT2D eigenvalue weighted by atomic mass is 9.99. The van der Waals surface area contributed by atoms with Gasteiger partial charge in [0.2, 0.25) is 0 Å². The van der Waals surface area contributed by atoms with E-state index in [2.05, 4.69) is 9.97 Å². The van der Waals surface area contributed by atoms with E-state index in [0.29, 0.717) is 12.1 Å². The van der Waals surface area contributed by atoms with Crippen LogP contribution in [-0.2, 0) is 4.74 Å². The third-order valence-electron chi connectivity index (χ3n) is 2.16. The van der Waals surface area contributed by atoms with Crippen molar-refractivity contribution in [2.45, 2.75) is 32.0 Å². The average molecular weight is 196 g/mol. The van der Waals surface area contributed by atoms with Crippen molar-refractivity contribution in [2.75, 3.05) is 7.11 Å². The van der Waals surface area contributed by atoms with Crippen molar-refractivity contribution in [3.8, 4) is 0 Å². The highest BCUT2D eigenvalue weighted by atomic mass is 16.5. The zero-order chi connectivity index (χ0) is 10.6. The minimum Gasteiger partial charge on any atom is -0.387 e. The van der Waals surface area contributed by atoms with Gasteiger partial charge in [0, 0.05) is 25.9 Å². The Morgan fingerprint density at radius 2 is 2.21 bits per heavy atom. The van der Waals surface area contributed by atoms with Crippen molar-refractivity contribution in [1.82, 2.24) is 9.97 Å². The van der Waals surface area contributed by atoms with E-state index < -0.39 is 6.10 Å². The van der Waals surface area contributed by atoms with E-state index in [9.17, 15) is 5.11 Å². The summed E-state index contributed by atoms with van der Waals surface area (Å²) in [6.45, 7) is 3.85. The van der Waals surface area contributed by atoms with Gasteiger partial charge in [0.15, 0.2) is 0 Å². The molecule has 1 N–H and O–H groups in total. The molecule has 1 rings (SSSR count). The smallest absolute Gasteiger partial charge is 0.100 e. The molecule has 0 aliphatic rings. The minimum absolute atomic E-state index is 0.350. The molecule has 0 aliphatic heterocycles. The first-order chi connectivity index (χ1) is 6.55. The predicted octanol–water partition coefficient (Wildman–Crippen LogP) is 1.33. The van der Waals surface area contributed by atoms with Crippen LogP contribution in [0.15, 0.2) is 18.6 Å². The maximum atomic E-state index is 9.80. The van der Waals surface area contributed by atoms with E-state index in [-0.39, 0.29) is 5.60 Å². The van der Waals surface area contributed by atoms with E-state index in [0.717, 1.165) is 0 Å². The van der Waals surface area contributed by atoms with Gasteiger partial charge in [-0.25, -0.2) is 0 Å². The minimum atomic E-state index is -0.626. The average Bonchev–Trinajstić information content (AvgIpc) is 2.19. The molecule has 78 valence electrons. The number of aliphatic hydroxyl groups is 1. The maximum Gasteiger partial charge on any atom is 0.100 e. The van der Waals surface area contributed by atoms with Crippen molar-refractivity contribution in [2.24, 2.45) is 0 Å². The van der Waals surface area contributed by atoms with Crippen LogP contribution in [0.25, 0.3) is 0 Å². The number of ether oxygens (including phenoxy) is 1. The molecule has 1 unspecified atom stereocenters. The Balaban J connectivity index is 2.64. The summed E-state index contributed by atoms with van der Waals surface area (Å²) in [6, 6.07) is 0. The Hall–Kier alpha value is -1.00. The van der Waals surface area contributed by atoms with Crippen molar-refractivity contribution in [3.63, 3.8) is 0 Å². The Bertz CT molecular complexity index is 275. The van der Waals surface area contributed by atoms with Crippen LogP contribution in [0.1, 0.15) is 32.1 Å². The van der Waals surface area contributed by atoms with Gasteiger partial charge >= 0.3 is 0 Å². The van der Waals surface area contributed by atoms with E-state index in [4.69, 9.17) is 4.74 Å². The first-order valence-corrected chi connectivity index (χ1v) is 4.54. The molecular weight excluding hydrogens is 180 g/mol. The molecule has 0 spiro atoms. The van der Waals surface area contributed by atoms with Crippen LogP contribution in [-0.4, -0.2) is 27.8 Å².